The maximum absolute atomic E-state index is 5.38. The molecule has 0 aliphatic carbocycles. The lowest BCUT2D eigenvalue weighted by Gasteiger charge is -2.12. The molecule has 0 heterocycles. The number of rotatable bonds is 4. The minimum Gasteiger partial charge on any atom is -0.496 e. The van der Waals surface area contributed by atoms with E-state index in [2.05, 4.69) is 53.8 Å². The van der Waals surface area contributed by atoms with Gasteiger partial charge in [0.25, 0.3) is 0 Å². The number of hydrogen-bond acceptors (Lipinski definition) is 2. The molecule has 2 nitrogen and oxygen atoms in total. The molecule has 100 valence electrons. The SMILES string of the molecule is COc1ccccc1CNc1cccc2ccccc12. The van der Waals surface area contributed by atoms with Crippen LogP contribution in [0.4, 0.5) is 5.69 Å². The maximum Gasteiger partial charge on any atom is 0.123 e. The Labute approximate surface area is 119 Å². The summed E-state index contributed by atoms with van der Waals surface area (Å²) in [5.74, 6) is 0.917. The molecule has 0 spiro atoms. The molecule has 20 heavy (non-hydrogen) atoms. The monoisotopic (exact) mass is 263 g/mol. The average molecular weight is 263 g/mol. The Kier molecular flexibility index (Phi) is 3.55. The molecule has 3 rings (SSSR count). The van der Waals surface area contributed by atoms with Crippen LogP contribution in [0.5, 0.6) is 5.75 Å². The number of ether oxygens (including phenoxy) is 1. The number of para-hydroxylation sites is 1. The van der Waals surface area contributed by atoms with E-state index in [1.807, 2.05) is 18.2 Å². The molecule has 0 atom stereocenters. The summed E-state index contributed by atoms with van der Waals surface area (Å²) in [6.45, 7) is 0.748. The van der Waals surface area contributed by atoms with E-state index < -0.39 is 0 Å². The smallest absolute Gasteiger partial charge is 0.123 e. The highest BCUT2D eigenvalue weighted by molar-refractivity contribution is 5.93. The van der Waals surface area contributed by atoms with Crippen LogP contribution in [0.25, 0.3) is 10.8 Å². The normalized spacial score (nSPS) is 10.4. The van der Waals surface area contributed by atoms with Crippen LogP contribution in [-0.2, 0) is 6.54 Å². The Morgan fingerprint density at radius 1 is 0.850 bits per heavy atom. The highest BCUT2D eigenvalue weighted by atomic mass is 16.5. The van der Waals surface area contributed by atoms with Crippen molar-refractivity contribution in [2.24, 2.45) is 0 Å². The van der Waals surface area contributed by atoms with Gasteiger partial charge in [0.05, 0.1) is 7.11 Å². The van der Waals surface area contributed by atoms with Gasteiger partial charge in [0.1, 0.15) is 5.75 Å². The molecule has 0 radical (unpaired) electrons. The first kappa shape index (κ1) is 12.5. The van der Waals surface area contributed by atoms with Crippen molar-refractivity contribution in [1.29, 1.82) is 0 Å². The van der Waals surface area contributed by atoms with Crippen LogP contribution in [0.3, 0.4) is 0 Å². The van der Waals surface area contributed by atoms with Gasteiger partial charge < -0.3 is 10.1 Å². The lowest BCUT2D eigenvalue weighted by molar-refractivity contribution is 0.410. The molecule has 1 N–H and O–H groups in total. The molecule has 2 heteroatoms. The Hall–Kier alpha value is -2.48. The van der Waals surface area contributed by atoms with Crippen LogP contribution in [0, 0.1) is 0 Å². The highest BCUT2D eigenvalue weighted by Gasteiger charge is 2.03. The lowest BCUT2D eigenvalue weighted by Crippen LogP contribution is -2.01. The van der Waals surface area contributed by atoms with E-state index in [0.29, 0.717) is 0 Å². The van der Waals surface area contributed by atoms with E-state index in [9.17, 15) is 0 Å². The first-order valence-electron chi connectivity index (χ1n) is 6.72. The van der Waals surface area contributed by atoms with Gasteiger partial charge in [-0.15, -0.1) is 0 Å². The molecular weight excluding hydrogens is 246 g/mol. The third-order valence-corrected chi connectivity index (χ3v) is 3.45. The van der Waals surface area contributed by atoms with Gasteiger partial charge in [-0.2, -0.15) is 0 Å². The summed E-state index contributed by atoms with van der Waals surface area (Å²) in [7, 11) is 1.71. The Morgan fingerprint density at radius 3 is 2.50 bits per heavy atom. The molecule has 0 saturated carbocycles. The fraction of sp³-hybridized carbons (Fsp3) is 0.111. The Morgan fingerprint density at radius 2 is 1.60 bits per heavy atom. The second-order valence-electron chi connectivity index (χ2n) is 4.69. The van der Waals surface area contributed by atoms with E-state index in [-0.39, 0.29) is 0 Å². The molecule has 0 saturated heterocycles. The zero-order chi connectivity index (χ0) is 13.8. The molecule has 0 amide bonds. The molecule has 3 aromatic carbocycles. The standard InChI is InChI=1S/C18H17NO/c1-20-18-12-5-3-8-15(18)13-19-17-11-6-9-14-7-2-4-10-16(14)17/h2-12,19H,13H2,1H3. The molecule has 0 unspecified atom stereocenters. The summed E-state index contributed by atoms with van der Waals surface area (Å²) < 4.78 is 5.38. The lowest BCUT2D eigenvalue weighted by atomic mass is 10.1. The van der Waals surface area contributed by atoms with Crippen molar-refractivity contribution < 1.29 is 4.74 Å². The summed E-state index contributed by atoms with van der Waals surface area (Å²) >= 11 is 0. The predicted octanol–water partition coefficient (Wildman–Crippen LogP) is 4.46. The van der Waals surface area contributed by atoms with Gasteiger partial charge in [-0.3, -0.25) is 0 Å². The molecular formula is C18H17NO. The number of nitrogens with one attached hydrogen (secondary N) is 1. The number of hydrogen-bond donors (Lipinski definition) is 1. The minimum absolute atomic E-state index is 0.748. The van der Waals surface area contributed by atoms with E-state index >= 15 is 0 Å². The summed E-state index contributed by atoms with van der Waals surface area (Å²) in [5.41, 5.74) is 2.30. The predicted molar refractivity (Wildman–Crippen MR) is 84.3 cm³/mol. The number of fused-ring (bicyclic) bond motifs is 1. The zero-order valence-electron chi connectivity index (χ0n) is 11.5. The Balaban J connectivity index is 1.87. The molecule has 0 aliphatic rings. The maximum atomic E-state index is 5.38. The first-order chi connectivity index (χ1) is 9.88. The van der Waals surface area contributed by atoms with Gasteiger partial charge in [0.2, 0.25) is 0 Å². The molecule has 0 fully saturated rings. The summed E-state index contributed by atoms with van der Waals surface area (Å²) in [6, 6.07) is 22.8. The van der Waals surface area contributed by atoms with Crippen molar-refractivity contribution in [2.75, 3.05) is 12.4 Å². The first-order valence-corrected chi connectivity index (χ1v) is 6.72. The second kappa shape index (κ2) is 5.66. The van der Waals surface area contributed by atoms with Gasteiger partial charge >= 0.3 is 0 Å². The second-order valence-corrected chi connectivity index (χ2v) is 4.69. The highest BCUT2D eigenvalue weighted by Crippen LogP contribution is 2.25. The van der Waals surface area contributed by atoms with Crippen molar-refractivity contribution in [2.45, 2.75) is 6.54 Å². The van der Waals surface area contributed by atoms with Crippen LogP contribution >= 0.6 is 0 Å². The van der Waals surface area contributed by atoms with E-state index in [1.54, 1.807) is 7.11 Å². The molecule has 3 aromatic rings. The van der Waals surface area contributed by atoms with E-state index in [1.165, 1.54) is 10.8 Å². The van der Waals surface area contributed by atoms with Crippen molar-refractivity contribution in [3.8, 4) is 5.75 Å². The van der Waals surface area contributed by atoms with Crippen molar-refractivity contribution >= 4 is 16.5 Å². The number of benzene rings is 3. The van der Waals surface area contributed by atoms with E-state index in [4.69, 9.17) is 4.74 Å². The van der Waals surface area contributed by atoms with E-state index in [0.717, 1.165) is 23.5 Å². The number of anilines is 1. The van der Waals surface area contributed by atoms with Gasteiger partial charge in [0.15, 0.2) is 0 Å². The largest absolute Gasteiger partial charge is 0.496 e. The quantitative estimate of drug-likeness (QED) is 0.750. The minimum atomic E-state index is 0.748. The van der Waals surface area contributed by atoms with Gasteiger partial charge in [-0.25, -0.2) is 0 Å². The molecule has 0 aromatic heterocycles. The fourth-order valence-corrected chi connectivity index (χ4v) is 2.42. The van der Waals surface area contributed by atoms with Crippen molar-refractivity contribution in [3.05, 3.63) is 72.3 Å². The Bertz CT molecular complexity index is 716. The fourth-order valence-electron chi connectivity index (χ4n) is 2.42. The molecule has 0 aliphatic heterocycles. The van der Waals surface area contributed by atoms with Gasteiger partial charge in [0, 0.05) is 23.2 Å². The zero-order valence-corrected chi connectivity index (χ0v) is 11.5. The summed E-state index contributed by atoms with van der Waals surface area (Å²) in [4.78, 5) is 0. The van der Waals surface area contributed by atoms with Crippen LogP contribution in [0.15, 0.2) is 66.7 Å². The van der Waals surface area contributed by atoms with Crippen LogP contribution in [0.2, 0.25) is 0 Å². The van der Waals surface area contributed by atoms with Gasteiger partial charge in [-0.1, -0.05) is 54.6 Å². The van der Waals surface area contributed by atoms with Crippen molar-refractivity contribution in [3.63, 3.8) is 0 Å². The van der Waals surface area contributed by atoms with Crippen LogP contribution in [0.1, 0.15) is 5.56 Å². The van der Waals surface area contributed by atoms with Gasteiger partial charge in [-0.05, 0) is 17.5 Å². The topological polar surface area (TPSA) is 21.3 Å². The van der Waals surface area contributed by atoms with Crippen LogP contribution < -0.4 is 10.1 Å². The number of methoxy groups -OCH3 is 1. The summed E-state index contributed by atoms with van der Waals surface area (Å²) in [6.07, 6.45) is 0. The van der Waals surface area contributed by atoms with Crippen molar-refractivity contribution in [1.82, 2.24) is 0 Å². The third kappa shape index (κ3) is 2.45. The van der Waals surface area contributed by atoms with Crippen LogP contribution in [-0.4, -0.2) is 7.11 Å². The molecule has 0 bridgehead atoms. The summed E-state index contributed by atoms with van der Waals surface area (Å²) in [5, 5.41) is 5.99. The average Bonchev–Trinajstić information content (AvgIpc) is 2.53. The third-order valence-electron chi connectivity index (χ3n) is 3.45.